The van der Waals surface area contributed by atoms with Crippen LogP contribution in [0.4, 0.5) is 28.7 Å². The second-order valence-electron chi connectivity index (χ2n) is 24.6. The van der Waals surface area contributed by atoms with E-state index in [1.54, 1.807) is 30.5 Å². The van der Waals surface area contributed by atoms with Gasteiger partial charge in [0, 0.05) is 76.6 Å². The Balaban J connectivity index is 0.000000147. The first kappa shape index (κ1) is 61.0. The van der Waals surface area contributed by atoms with E-state index in [4.69, 9.17) is 41.4 Å². The zero-order valence-corrected chi connectivity index (χ0v) is 51.8. The van der Waals surface area contributed by atoms with Gasteiger partial charge in [-0.25, -0.2) is 15.0 Å². The molecule has 2 fully saturated rings. The zero-order chi connectivity index (χ0) is 62.8. The number of rotatable bonds is 11. The summed E-state index contributed by atoms with van der Waals surface area (Å²) >= 11 is 0. The van der Waals surface area contributed by atoms with E-state index in [-0.39, 0.29) is 16.9 Å². The maximum absolute atomic E-state index is 8.92. The summed E-state index contributed by atoms with van der Waals surface area (Å²) in [7, 11) is 0. The number of aliphatic imine (C=N–C) groups is 1. The van der Waals surface area contributed by atoms with Crippen LogP contribution < -0.4 is 36.1 Å². The number of nitrogens with zero attached hydrogens (tertiary/aromatic N) is 10. The summed E-state index contributed by atoms with van der Waals surface area (Å²) in [6.45, 7) is 22.6. The Morgan fingerprint density at radius 2 is 0.933 bits per heavy atom. The molecule has 2 aliphatic heterocycles. The lowest BCUT2D eigenvalue weighted by Crippen LogP contribution is -2.46. The third-order valence-electron chi connectivity index (χ3n) is 16.3. The predicted molar refractivity (Wildman–Crippen MR) is 363 cm³/mol. The maximum Gasteiger partial charge on any atom is 0.410 e. The van der Waals surface area contributed by atoms with Gasteiger partial charge in [-0.05, 0) is 93.7 Å². The number of fused-ring (bicyclic) bond motifs is 3. The Kier molecular flexibility index (Phi) is 18.4. The molecule has 90 heavy (non-hydrogen) atoms. The van der Waals surface area contributed by atoms with Gasteiger partial charge in [0.05, 0.1) is 44.8 Å². The third-order valence-corrected chi connectivity index (χ3v) is 16.3. The van der Waals surface area contributed by atoms with Gasteiger partial charge in [-0.2, -0.15) is 10.5 Å². The van der Waals surface area contributed by atoms with Crippen molar-refractivity contribution in [1.82, 2.24) is 39.7 Å². The molecule has 0 amide bonds. The second kappa shape index (κ2) is 27.2. The van der Waals surface area contributed by atoms with Crippen molar-refractivity contribution in [3.8, 4) is 46.7 Å². The van der Waals surface area contributed by atoms with Gasteiger partial charge in [0.15, 0.2) is 6.19 Å². The molecule has 0 spiro atoms. The Morgan fingerprint density at radius 1 is 0.500 bits per heavy atom. The standard InChI is InChI=1S/C30H32N8.C28H34N6.C14H10N2O2/c1-30(2,3)22-12-10-20(11-13-22)28-33-24-8-5-9-25(27(24)35-28)38-16-14-37(15-17-38)18-21-6-4-7-23-26(21)36-29(34-23)32-19-31;1-28(2,3)21-12-10-19(11-13-21)27-31-23-8-5-9-24(26(23)32-27)34-16-14-33(15-17-34)18-20-6-4-7-22(29)25(20)30;15-11-16-14(17-12-7-3-1-4-8-12)18-13-9-5-2-6-10-13/h4-13H,14-18H2,1-3H3,(H,33,35)(H2,32,34,36);4-13H,14-18,29-30H2,1-3H3,(H,31,32);1-10H. The van der Waals surface area contributed by atoms with E-state index in [0.29, 0.717) is 28.8 Å². The predicted octanol–water partition coefficient (Wildman–Crippen LogP) is 13.6. The minimum atomic E-state index is -0.102. The third kappa shape index (κ3) is 14.7. The molecule has 0 saturated carbocycles. The number of aromatic nitrogens is 6. The number of hydrogen-bond donors (Lipinski definition) is 6. The van der Waals surface area contributed by atoms with Crippen LogP contribution in [0.5, 0.6) is 11.5 Å². The largest absolute Gasteiger partial charge is 0.410 e. The van der Waals surface area contributed by atoms with Crippen molar-refractivity contribution in [2.45, 2.75) is 65.5 Å². The van der Waals surface area contributed by atoms with E-state index < -0.39 is 0 Å². The van der Waals surface area contributed by atoms with Crippen LogP contribution in [0, 0.1) is 22.9 Å². The molecule has 18 nitrogen and oxygen atoms in total. The summed E-state index contributed by atoms with van der Waals surface area (Å²) in [6, 6.07) is 60.3. The first-order valence-electron chi connectivity index (χ1n) is 30.4. The number of nitrogen functional groups attached to an aromatic ring is 2. The summed E-state index contributed by atoms with van der Waals surface area (Å²) in [6.07, 6.45) is 3.47. The maximum atomic E-state index is 8.92. The molecule has 456 valence electrons. The highest BCUT2D eigenvalue weighted by molar-refractivity contribution is 5.92. The van der Waals surface area contributed by atoms with Crippen molar-refractivity contribution in [1.29, 1.82) is 10.5 Å². The highest BCUT2D eigenvalue weighted by Gasteiger charge is 2.24. The molecule has 3 aromatic heterocycles. The second-order valence-corrected chi connectivity index (χ2v) is 24.6. The van der Waals surface area contributed by atoms with Crippen LogP contribution in [0.2, 0.25) is 0 Å². The molecule has 0 bridgehead atoms. The molecule has 11 aromatic rings. The van der Waals surface area contributed by atoms with Gasteiger partial charge in [-0.15, -0.1) is 0 Å². The fourth-order valence-corrected chi connectivity index (χ4v) is 11.2. The van der Waals surface area contributed by atoms with E-state index in [1.807, 2.05) is 66.9 Å². The van der Waals surface area contributed by atoms with E-state index >= 15 is 0 Å². The number of hydrogen-bond acceptors (Lipinski definition) is 15. The number of nitrogens with two attached hydrogens (primary N) is 2. The molecule has 0 unspecified atom stereocenters. The lowest BCUT2D eigenvalue weighted by atomic mass is 9.87. The number of imidazole rings is 3. The van der Waals surface area contributed by atoms with Crippen molar-refractivity contribution in [2.24, 2.45) is 4.99 Å². The normalized spacial score (nSPS) is 13.8. The Bertz CT molecular complexity index is 4280. The van der Waals surface area contributed by atoms with Crippen LogP contribution in [0.15, 0.2) is 187 Å². The molecule has 0 radical (unpaired) electrons. The highest BCUT2D eigenvalue weighted by Crippen LogP contribution is 2.34. The number of anilines is 5. The number of nitrogens with one attached hydrogen (secondary N) is 4. The van der Waals surface area contributed by atoms with Crippen LogP contribution >= 0.6 is 0 Å². The van der Waals surface area contributed by atoms with Gasteiger partial charge in [-0.3, -0.25) is 15.1 Å². The molecular formula is C72H76N16O2. The van der Waals surface area contributed by atoms with Crippen molar-refractivity contribution in [3.63, 3.8) is 0 Å². The molecule has 8 aromatic carbocycles. The first-order valence-corrected chi connectivity index (χ1v) is 30.4. The number of para-hydroxylation sites is 6. The molecule has 8 N–H and O–H groups in total. The number of ether oxygens (including phenoxy) is 2. The smallest absolute Gasteiger partial charge is 0.410 e. The molecule has 18 heteroatoms. The van der Waals surface area contributed by atoms with Gasteiger partial charge in [-0.1, -0.05) is 168 Å². The van der Waals surface area contributed by atoms with Crippen molar-refractivity contribution in [3.05, 3.63) is 204 Å². The van der Waals surface area contributed by atoms with E-state index in [2.05, 4.69) is 188 Å². The fraction of sp³-hybridized carbons (Fsp3) is 0.250. The summed E-state index contributed by atoms with van der Waals surface area (Å²) in [5, 5.41) is 20.1. The number of H-pyrrole nitrogens is 3. The Morgan fingerprint density at radius 3 is 1.39 bits per heavy atom. The lowest BCUT2D eigenvalue weighted by Gasteiger charge is -2.36. The van der Waals surface area contributed by atoms with E-state index in [0.717, 1.165) is 132 Å². The topological polar surface area (TPSA) is 241 Å². The Hall–Kier alpha value is -10.7. The van der Waals surface area contributed by atoms with Crippen LogP contribution in [0.1, 0.15) is 63.8 Å². The van der Waals surface area contributed by atoms with Gasteiger partial charge < -0.3 is 45.7 Å². The van der Waals surface area contributed by atoms with E-state index in [1.165, 1.54) is 22.5 Å². The van der Waals surface area contributed by atoms with Gasteiger partial charge in [0.1, 0.15) is 34.2 Å². The van der Waals surface area contributed by atoms with Crippen LogP contribution in [0.25, 0.3) is 55.9 Å². The summed E-state index contributed by atoms with van der Waals surface area (Å²) in [5.74, 6) is 3.42. The van der Waals surface area contributed by atoms with E-state index in [9.17, 15) is 0 Å². The number of nitriles is 2. The molecule has 2 aliphatic rings. The molecule has 13 rings (SSSR count). The van der Waals surface area contributed by atoms with Crippen molar-refractivity contribution in [2.75, 3.05) is 78.9 Å². The lowest BCUT2D eigenvalue weighted by molar-refractivity contribution is 0.250. The Labute approximate surface area is 525 Å². The van der Waals surface area contributed by atoms with Crippen LogP contribution in [-0.2, 0) is 23.9 Å². The first-order chi connectivity index (χ1) is 43.6. The monoisotopic (exact) mass is 1200 g/mol. The molecule has 5 heterocycles. The minimum absolute atomic E-state index is 0.102. The highest BCUT2D eigenvalue weighted by atomic mass is 16.7. The van der Waals surface area contributed by atoms with Crippen molar-refractivity contribution < 1.29 is 9.47 Å². The SMILES string of the molecule is CC(C)(C)c1ccc(-c2nc3c(N4CCN(Cc5cccc(N)c5N)CC4)cccc3[nH]2)cc1.CC(C)(C)c1ccc(-c2nc3c(N4CCN(Cc5cccc6[nH]c(NC#N)nc56)CC4)cccc3[nH]2)cc1.N#CN=C(Oc1ccccc1)Oc1ccccc1. The minimum Gasteiger partial charge on any atom is -0.410 e. The fourth-order valence-electron chi connectivity index (χ4n) is 11.2. The number of aromatic amines is 3. The average molecular weight is 1200 g/mol. The average Bonchev–Trinajstić information content (AvgIpc) is 1.69. The summed E-state index contributed by atoms with van der Waals surface area (Å²) in [5.41, 5.74) is 29.3. The van der Waals surface area contributed by atoms with Gasteiger partial charge in [0.2, 0.25) is 12.1 Å². The molecular weight excluding hydrogens is 1120 g/mol. The summed E-state index contributed by atoms with van der Waals surface area (Å²) in [4.78, 5) is 38.1. The number of benzene rings is 8. The number of piperazine rings is 2. The van der Waals surface area contributed by atoms with Crippen LogP contribution in [-0.4, -0.2) is 98.1 Å². The quantitative estimate of drug-likeness (QED) is 0.0232. The van der Waals surface area contributed by atoms with Crippen LogP contribution in [0.3, 0.4) is 0 Å². The molecule has 0 atom stereocenters. The zero-order valence-electron chi connectivity index (χ0n) is 51.8. The summed E-state index contributed by atoms with van der Waals surface area (Å²) < 4.78 is 10.7. The van der Waals surface area contributed by atoms with Gasteiger partial charge >= 0.3 is 6.08 Å². The van der Waals surface area contributed by atoms with Crippen molar-refractivity contribution >= 4 is 67.9 Å². The molecule has 0 aliphatic carbocycles. The van der Waals surface area contributed by atoms with Gasteiger partial charge in [0.25, 0.3) is 0 Å². The molecule has 2 saturated heterocycles.